The first-order valence-electron chi connectivity index (χ1n) is 7.73. The Morgan fingerprint density at radius 3 is 2.92 bits per heavy atom. The minimum absolute atomic E-state index is 0.0881. The van der Waals surface area contributed by atoms with Gasteiger partial charge in [0.05, 0.1) is 25.6 Å². The number of benzene rings is 1. The molecule has 1 aliphatic heterocycles. The number of methoxy groups -OCH3 is 1. The third-order valence-corrected chi connectivity index (χ3v) is 3.81. The van der Waals surface area contributed by atoms with E-state index in [9.17, 15) is 9.59 Å². The molecule has 0 aliphatic carbocycles. The Hall–Kier alpha value is -2.96. The maximum absolute atomic E-state index is 11.9. The number of rotatable bonds is 5. The Morgan fingerprint density at radius 1 is 1.38 bits per heavy atom. The molecule has 2 heterocycles. The summed E-state index contributed by atoms with van der Waals surface area (Å²) in [6, 6.07) is 8.43. The number of furan rings is 1. The maximum atomic E-state index is 11.9. The number of carbonyl (C=O) groups excluding carboxylic acids is 2. The number of ether oxygens (including phenoxy) is 1. The Bertz CT molecular complexity index is 727. The molecule has 1 aromatic heterocycles. The van der Waals surface area contributed by atoms with Gasteiger partial charge in [-0.15, -0.1) is 0 Å². The lowest BCUT2D eigenvalue weighted by Crippen LogP contribution is -2.28. The number of nitrogens with zero attached hydrogens (tertiary/aromatic N) is 1. The predicted octanol–water partition coefficient (Wildman–Crippen LogP) is 2.74. The quantitative estimate of drug-likeness (QED) is 0.883. The zero-order valence-electron chi connectivity index (χ0n) is 13.4. The molecule has 0 bridgehead atoms. The number of anilines is 2. The standard InChI is InChI=1S/C17H19N3O4/c1-23-15-10-12(6-7-14(15)20-8-2-5-16(20)21)19-17(22)18-11-13-4-3-9-24-13/h3-4,6-7,9-10H,2,5,8,11H2,1H3,(H2,18,19,22). The van der Waals surface area contributed by atoms with Crippen LogP contribution in [0.1, 0.15) is 18.6 Å². The molecule has 7 nitrogen and oxygen atoms in total. The second-order valence-corrected chi connectivity index (χ2v) is 5.42. The van der Waals surface area contributed by atoms with Crippen molar-refractivity contribution >= 4 is 23.3 Å². The van der Waals surface area contributed by atoms with Gasteiger partial charge in [-0.1, -0.05) is 0 Å². The Kier molecular flexibility index (Phi) is 4.69. The molecule has 3 rings (SSSR count). The summed E-state index contributed by atoms with van der Waals surface area (Å²) in [5, 5.41) is 5.43. The molecule has 0 unspecified atom stereocenters. The lowest BCUT2D eigenvalue weighted by atomic mass is 10.2. The van der Waals surface area contributed by atoms with Crippen molar-refractivity contribution in [2.75, 3.05) is 23.9 Å². The van der Waals surface area contributed by atoms with Gasteiger partial charge in [0.2, 0.25) is 5.91 Å². The van der Waals surface area contributed by atoms with Gasteiger partial charge >= 0.3 is 6.03 Å². The molecule has 0 radical (unpaired) electrons. The average molecular weight is 329 g/mol. The predicted molar refractivity (Wildman–Crippen MR) is 89.1 cm³/mol. The van der Waals surface area contributed by atoms with Crippen molar-refractivity contribution in [3.63, 3.8) is 0 Å². The first-order valence-corrected chi connectivity index (χ1v) is 7.73. The van der Waals surface area contributed by atoms with Crippen molar-refractivity contribution in [1.29, 1.82) is 0 Å². The van der Waals surface area contributed by atoms with Gasteiger partial charge in [0.1, 0.15) is 11.5 Å². The van der Waals surface area contributed by atoms with E-state index in [0.29, 0.717) is 36.7 Å². The highest BCUT2D eigenvalue weighted by Crippen LogP contribution is 2.33. The number of hydrogen-bond donors (Lipinski definition) is 2. The van der Waals surface area contributed by atoms with Crippen molar-refractivity contribution in [2.45, 2.75) is 19.4 Å². The van der Waals surface area contributed by atoms with Gasteiger partial charge in [-0.2, -0.15) is 0 Å². The van der Waals surface area contributed by atoms with E-state index in [1.807, 2.05) is 0 Å². The molecule has 2 N–H and O–H groups in total. The zero-order valence-corrected chi connectivity index (χ0v) is 13.4. The van der Waals surface area contributed by atoms with Crippen LogP contribution in [0.3, 0.4) is 0 Å². The molecular formula is C17H19N3O4. The first-order chi connectivity index (χ1) is 11.7. The average Bonchev–Trinajstić information content (AvgIpc) is 3.24. The molecule has 7 heteroatoms. The number of hydrogen-bond acceptors (Lipinski definition) is 4. The van der Waals surface area contributed by atoms with E-state index in [1.54, 1.807) is 48.6 Å². The highest BCUT2D eigenvalue weighted by molar-refractivity contribution is 5.97. The molecule has 0 spiro atoms. The van der Waals surface area contributed by atoms with E-state index in [4.69, 9.17) is 9.15 Å². The molecule has 0 atom stereocenters. The van der Waals surface area contributed by atoms with Gasteiger partial charge in [0.25, 0.3) is 0 Å². The molecule has 0 saturated carbocycles. The summed E-state index contributed by atoms with van der Waals surface area (Å²) in [7, 11) is 1.54. The molecular weight excluding hydrogens is 310 g/mol. The Balaban J connectivity index is 1.65. The summed E-state index contributed by atoms with van der Waals surface area (Å²) in [4.78, 5) is 25.5. The van der Waals surface area contributed by atoms with Crippen LogP contribution in [0.2, 0.25) is 0 Å². The van der Waals surface area contributed by atoms with Crippen LogP contribution in [0.4, 0.5) is 16.2 Å². The maximum Gasteiger partial charge on any atom is 0.319 e. The minimum Gasteiger partial charge on any atom is -0.494 e. The third-order valence-electron chi connectivity index (χ3n) is 3.81. The van der Waals surface area contributed by atoms with Crippen LogP contribution in [0.15, 0.2) is 41.0 Å². The lowest BCUT2D eigenvalue weighted by Gasteiger charge is -2.19. The van der Waals surface area contributed by atoms with Crippen molar-refractivity contribution in [1.82, 2.24) is 5.32 Å². The van der Waals surface area contributed by atoms with Crippen molar-refractivity contribution < 1.29 is 18.7 Å². The lowest BCUT2D eigenvalue weighted by molar-refractivity contribution is -0.117. The largest absolute Gasteiger partial charge is 0.494 e. The van der Waals surface area contributed by atoms with E-state index in [0.717, 1.165) is 12.1 Å². The van der Waals surface area contributed by atoms with Crippen LogP contribution < -0.4 is 20.3 Å². The van der Waals surface area contributed by atoms with E-state index < -0.39 is 0 Å². The summed E-state index contributed by atoms with van der Waals surface area (Å²) >= 11 is 0. The molecule has 1 saturated heterocycles. The molecule has 126 valence electrons. The SMILES string of the molecule is COc1cc(NC(=O)NCc2ccco2)ccc1N1CCCC1=O. The molecule has 1 fully saturated rings. The van der Waals surface area contributed by atoms with Crippen LogP contribution in [-0.2, 0) is 11.3 Å². The van der Waals surface area contributed by atoms with Crippen LogP contribution in [0.5, 0.6) is 5.75 Å². The van der Waals surface area contributed by atoms with Crippen LogP contribution in [0, 0.1) is 0 Å². The molecule has 2 aromatic rings. The van der Waals surface area contributed by atoms with E-state index in [-0.39, 0.29) is 11.9 Å². The summed E-state index contributed by atoms with van der Waals surface area (Å²) in [6.07, 6.45) is 2.95. The summed E-state index contributed by atoms with van der Waals surface area (Å²) in [5.74, 6) is 1.31. The molecule has 1 aromatic carbocycles. The Morgan fingerprint density at radius 2 is 2.25 bits per heavy atom. The van der Waals surface area contributed by atoms with Crippen molar-refractivity contribution in [3.8, 4) is 5.75 Å². The van der Waals surface area contributed by atoms with Crippen LogP contribution in [0.25, 0.3) is 0 Å². The van der Waals surface area contributed by atoms with E-state index in [2.05, 4.69) is 10.6 Å². The fourth-order valence-electron chi connectivity index (χ4n) is 2.64. The van der Waals surface area contributed by atoms with Crippen LogP contribution >= 0.6 is 0 Å². The molecule has 3 amide bonds. The zero-order chi connectivity index (χ0) is 16.9. The fraction of sp³-hybridized carbons (Fsp3) is 0.294. The van der Waals surface area contributed by atoms with Gasteiger partial charge < -0.3 is 24.7 Å². The molecule has 24 heavy (non-hydrogen) atoms. The number of amides is 3. The highest BCUT2D eigenvalue weighted by Gasteiger charge is 2.24. The van der Waals surface area contributed by atoms with Crippen LogP contribution in [-0.4, -0.2) is 25.6 Å². The number of nitrogens with one attached hydrogen (secondary N) is 2. The van der Waals surface area contributed by atoms with E-state index >= 15 is 0 Å². The van der Waals surface area contributed by atoms with Crippen molar-refractivity contribution in [2.24, 2.45) is 0 Å². The number of urea groups is 1. The van der Waals surface area contributed by atoms with Crippen molar-refractivity contribution in [3.05, 3.63) is 42.4 Å². The topological polar surface area (TPSA) is 83.8 Å². The second-order valence-electron chi connectivity index (χ2n) is 5.42. The van der Waals surface area contributed by atoms with Gasteiger partial charge in [-0.3, -0.25) is 4.79 Å². The normalized spacial score (nSPS) is 13.9. The minimum atomic E-state index is -0.349. The van der Waals surface area contributed by atoms with Gasteiger partial charge in [-0.25, -0.2) is 4.79 Å². The monoisotopic (exact) mass is 329 g/mol. The highest BCUT2D eigenvalue weighted by atomic mass is 16.5. The van der Waals surface area contributed by atoms with E-state index in [1.165, 1.54) is 0 Å². The summed E-state index contributed by atoms with van der Waals surface area (Å²) < 4.78 is 10.5. The first kappa shape index (κ1) is 15.9. The molecule has 1 aliphatic rings. The van der Waals surface area contributed by atoms with Gasteiger partial charge in [-0.05, 0) is 30.7 Å². The second kappa shape index (κ2) is 7.08. The number of carbonyl (C=O) groups is 2. The summed E-state index contributed by atoms with van der Waals surface area (Å²) in [5.41, 5.74) is 1.31. The summed E-state index contributed by atoms with van der Waals surface area (Å²) in [6.45, 7) is 0.988. The fourth-order valence-corrected chi connectivity index (χ4v) is 2.64. The van der Waals surface area contributed by atoms with Gasteiger partial charge in [0, 0.05) is 24.7 Å². The van der Waals surface area contributed by atoms with Gasteiger partial charge in [0.15, 0.2) is 0 Å². The third kappa shape index (κ3) is 3.51. The Labute approximate surface area is 139 Å². The smallest absolute Gasteiger partial charge is 0.319 e.